The molecule has 0 spiro atoms. The third-order valence-electron chi connectivity index (χ3n) is 4.99. The maximum Gasteiger partial charge on any atom is 0.261 e. The van der Waals surface area contributed by atoms with Gasteiger partial charge in [0.1, 0.15) is 8.07 Å². The van der Waals surface area contributed by atoms with E-state index in [0.29, 0.717) is 19.4 Å². The van der Waals surface area contributed by atoms with Crippen LogP contribution in [-0.2, 0) is 4.43 Å². The van der Waals surface area contributed by atoms with Crippen LogP contribution in [0.4, 0.5) is 0 Å². The lowest BCUT2D eigenvalue weighted by molar-refractivity contribution is 0.141. The fraction of sp³-hybridized carbons (Fsp3) is 0.440. The molecule has 0 heterocycles. The predicted octanol–water partition coefficient (Wildman–Crippen LogP) is 4.58. The molecule has 0 aliphatic heterocycles. The molecule has 0 aromatic heterocycles. The van der Waals surface area contributed by atoms with Gasteiger partial charge in [0, 0.05) is 13.0 Å². The summed E-state index contributed by atoms with van der Waals surface area (Å²) in [7, 11) is -3.91. The summed E-state index contributed by atoms with van der Waals surface area (Å²) in [6.45, 7) is 14.0. The van der Waals surface area contributed by atoms with Crippen LogP contribution in [0.3, 0.4) is 0 Å². The molecule has 29 heavy (non-hydrogen) atoms. The molecule has 2 aromatic rings. The van der Waals surface area contributed by atoms with Crippen LogP contribution in [0.5, 0.6) is 0 Å². The topological polar surface area (TPSA) is 29.5 Å². The largest absolute Gasteiger partial charge is 0.407 e. The molecule has 0 aliphatic rings. The summed E-state index contributed by atoms with van der Waals surface area (Å²) >= 11 is 0. The van der Waals surface area contributed by atoms with Crippen LogP contribution in [0.2, 0.25) is 24.7 Å². The summed E-state index contributed by atoms with van der Waals surface area (Å²) in [4.78, 5) is 0. The Morgan fingerprint density at radius 1 is 0.897 bits per heavy atom. The zero-order chi connectivity index (χ0) is 21.5. The fourth-order valence-corrected chi connectivity index (χ4v) is 8.86. The van der Waals surface area contributed by atoms with Gasteiger partial charge in [0.15, 0.2) is 0 Å². The number of aliphatic hydroxyl groups is 1. The fourth-order valence-electron chi connectivity index (χ4n) is 3.65. The summed E-state index contributed by atoms with van der Waals surface area (Å²) in [6, 6.07) is 21.3. The Morgan fingerprint density at radius 3 is 1.79 bits per heavy atom. The van der Waals surface area contributed by atoms with Crippen molar-refractivity contribution in [2.75, 3.05) is 6.61 Å². The van der Waals surface area contributed by atoms with E-state index in [4.69, 9.17) is 4.43 Å². The second-order valence-corrected chi connectivity index (χ2v) is 18.8. The van der Waals surface area contributed by atoms with Gasteiger partial charge in [-0.05, 0) is 21.8 Å². The van der Waals surface area contributed by atoms with E-state index in [1.165, 1.54) is 10.4 Å². The quantitative estimate of drug-likeness (QED) is 0.520. The van der Waals surface area contributed by atoms with Gasteiger partial charge in [0.05, 0.1) is 6.10 Å². The number of benzene rings is 2. The summed E-state index contributed by atoms with van der Waals surface area (Å²) < 4.78 is 6.82. The summed E-state index contributed by atoms with van der Waals surface area (Å²) in [6.07, 6.45) is 0.677. The first kappa shape index (κ1) is 23.6. The minimum Gasteiger partial charge on any atom is -0.407 e. The van der Waals surface area contributed by atoms with Crippen LogP contribution < -0.4 is 10.4 Å². The van der Waals surface area contributed by atoms with Crippen LogP contribution >= 0.6 is 0 Å². The third-order valence-corrected chi connectivity index (χ3v) is 11.0. The molecule has 2 nitrogen and oxygen atoms in total. The molecule has 0 saturated heterocycles. The van der Waals surface area contributed by atoms with Gasteiger partial charge in [-0.2, -0.15) is 0 Å². The second-order valence-electron chi connectivity index (χ2n) is 9.71. The van der Waals surface area contributed by atoms with Gasteiger partial charge in [0.2, 0.25) is 0 Å². The third kappa shape index (κ3) is 6.42. The van der Waals surface area contributed by atoms with Crippen LogP contribution in [0.25, 0.3) is 0 Å². The van der Waals surface area contributed by atoms with Crippen molar-refractivity contribution in [3.05, 3.63) is 60.7 Å². The molecule has 2 rings (SSSR count). The molecule has 0 fully saturated rings. The molecular formula is C25H36O2Si2. The number of aliphatic hydroxyl groups excluding tert-OH is 1. The maximum atomic E-state index is 10.4. The first-order valence-corrected chi connectivity index (χ1v) is 15.9. The Kier molecular flexibility index (Phi) is 8.07. The SMILES string of the molecule is CC(C)(C)[Si](OCC[C@@H](O)CC#C[Si](C)(C)C)(c1ccccc1)c1ccccc1. The van der Waals surface area contributed by atoms with E-state index in [-0.39, 0.29) is 5.04 Å². The summed E-state index contributed by atoms with van der Waals surface area (Å²) in [5, 5.41) is 12.9. The second kappa shape index (κ2) is 9.91. The molecule has 156 valence electrons. The van der Waals surface area contributed by atoms with Crippen LogP contribution in [0, 0.1) is 11.5 Å². The zero-order valence-corrected chi connectivity index (χ0v) is 20.8. The van der Waals surface area contributed by atoms with Crippen molar-refractivity contribution in [1.29, 1.82) is 0 Å². The Morgan fingerprint density at radius 2 is 1.38 bits per heavy atom. The monoisotopic (exact) mass is 424 g/mol. The molecule has 0 saturated carbocycles. The van der Waals surface area contributed by atoms with E-state index < -0.39 is 22.5 Å². The molecule has 2 aromatic carbocycles. The molecular weight excluding hydrogens is 388 g/mol. The molecule has 4 heteroatoms. The Bertz CT molecular complexity index is 770. The van der Waals surface area contributed by atoms with Crippen molar-refractivity contribution in [3.63, 3.8) is 0 Å². The minimum atomic E-state index is -2.52. The van der Waals surface area contributed by atoms with Crippen LogP contribution in [-0.4, -0.2) is 34.2 Å². The lowest BCUT2D eigenvalue weighted by atomic mass is 10.2. The van der Waals surface area contributed by atoms with E-state index in [1.54, 1.807) is 0 Å². The molecule has 1 atom stereocenters. The van der Waals surface area contributed by atoms with Crippen molar-refractivity contribution >= 4 is 26.8 Å². The average molecular weight is 425 g/mol. The lowest BCUT2D eigenvalue weighted by Gasteiger charge is -2.43. The molecule has 0 amide bonds. The van der Waals surface area contributed by atoms with Crippen molar-refractivity contribution in [1.82, 2.24) is 0 Å². The van der Waals surface area contributed by atoms with Gasteiger partial charge < -0.3 is 9.53 Å². The highest BCUT2D eigenvalue weighted by atomic mass is 28.4. The summed E-state index contributed by atoms with van der Waals surface area (Å²) in [5.41, 5.74) is 3.33. The minimum absolute atomic E-state index is 0.0434. The standard InChI is InChI=1S/C25H36O2Si2/c1-25(2,3)29(23-15-9-7-10-16-23,24-17-11-8-12-18-24)27-20-19-22(26)14-13-21-28(4,5)6/h7-12,15-18,22,26H,14,19-20H2,1-6H3/t22-/m0/s1. The normalized spacial score (nSPS) is 13.5. The summed E-state index contributed by atoms with van der Waals surface area (Å²) in [5.74, 6) is 3.18. The van der Waals surface area contributed by atoms with E-state index in [1.807, 2.05) is 0 Å². The molecule has 1 N–H and O–H groups in total. The van der Waals surface area contributed by atoms with Crippen molar-refractivity contribution in [2.45, 2.75) is 64.4 Å². The Hall–Kier alpha value is -1.65. The highest BCUT2D eigenvalue weighted by molar-refractivity contribution is 6.99. The van der Waals surface area contributed by atoms with Gasteiger partial charge in [-0.15, -0.1) is 11.5 Å². The average Bonchev–Trinajstić information content (AvgIpc) is 2.64. The first-order chi connectivity index (χ1) is 13.6. The van der Waals surface area contributed by atoms with Crippen LogP contribution in [0.1, 0.15) is 33.6 Å². The van der Waals surface area contributed by atoms with Gasteiger partial charge in [-0.1, -0.05) is 101 Å². The molecule has 0 bridgehead atoms. The number of hydrogen-bond donors (Lipinski definition) is 1. The van der Waals surface area contributed by atoms with Gasteiger partial charge in [-0.25, -0.2) is 0 Å². The molecule has 0 radical (unpaired) electrons. The number of hydrogen-bond acceptors (Lipinski definition) is 2. The van der Waals surface area contributed by atoms with E-state index >= 15 is 0 Å². The van der Waals surface area contributed by atoms with Gasteiger partial charge >= 0.3 is 0 Å². The van der Waals surface area contributed by atoms with Crippen molar-refractivity contribution < 1.29 is 9.53 Å². The van der Waals surface area contributed by atoms with E-state index in [2.05, 4.69) is 113 Å². The molecule has 0 unspecified atom stereocenters. The zero-order valence-electron chi connectivity index (χ0n) is 18.8. The predicted molar refractivity (Wildman–Crippen MR) is 130 cm³/mol. The van der Waals surface area contributed by atoms with E-state index in [9.17, 15) is 5.11 Å². The highest BCUT2D eigenvalue weighted by Crippen LogP contribution is 2.36. The lowest BCUT2D eigenvalue weighted by Crippen LogP contribution is -2.66. The van der Waals surface area contributed by atoms with Crippen molar-refractivity contribution in [2.24, 2.45) is 0 Å². The Balaban J connectivity index is 2.26. The smallest absolute Gasteiger partial charge is 0.261 e. The number of rotatable bonds is 7. The highest BCUT2D eigenvalue weighted by Gasteiger charge is 2.50. The van der Waals surface area contributed by atoms with Crippen LogP contribution in [0.15, 0.2) is 60.7 Å². The maximum absolute atomic E-state index is 10.4. The van der Waals surface area contributed by atoms with Gasteiger partial charge in [-0.3, -0.25) is 0 Å². The van der Waals surface area contributed by atoms with E-state index in [0.717, 1.165) is 0 Å². The Labute approximate surface area is 179 Å². The first-order valence-electron chi connectivity index (χ1n) is 10.5. The molecule has 0 aliphatic carbocycles. The van der Waals surface area contributed by atoms with Crippen molar-refractivity contribution in [3.8, 4) is 11.5 Å². The van der Waals surface area contributed by atoms with Gasteiger partial charge in [0.25, 0.3) is 8.32 Å².